The van der Waals surface area contributed by atoms with Gasteiger partial charge in [0, 0.05) is 36.5 Å². The van der Waals surface area contributed by atoms with Crippen molar-refractivity contribution in [2.45, 2.75) is 32.5 Å². The molecule has 0 radical (unpaired) electrons. The number of ether oxygens (including phenoxy) is 1. The van der Waals surface area contributed by atoms with Gasteiger partial charge in [0.2, 0.25) is 5.88 Å². The SMILES string of the molecule is Cc1nc2ncnn2c(N2CCC(Oc3ccc(C(F)(F)F)cn3)C2)c1C. The van der Waals surface area contributed by atoms with E-state index in [1.165, 1.54) is 12.4 Å². The van der Waals surface area contributed by atoms with Gasteiger partial charge in [-0.25, -0.2) is 9.97 Å². The van der Waals surface area contributed by atoms with Gasteiger partial charge in [-0.1, -0.05) is 0 Å². The lowest BCUT2D eigenvalue weighted by atomic mass is 10.2. The van der Waals surface area contributed by atoms with Crippen molar-refractivity contribution < 1.29 is 17.9 Å². The highest BCUT2D eigenvalue weighted by Crippen LogP contribution is 2.30. The molecule has 1 saturated heterocycles. The molecule has 0 bridgehead atoms. The van der Waals surface area contributed by atoms with E-state index in [1.807, 2.05) is 13.8 Å². The number of halogens is 3. The largest absolute Gasteiger partial charge is 0.472 e. The maximum absolute atomic E-state index is 12.6. The van der Waals surface area contributed by atoms with Gasteiger partial charge >= 0.3 is 6.18 Å². The highest BCUT2D eigenvalue weighted by atomic mass is 19.4. The van der Waals surface area contributed by atoms with Crippen molar-refractivity contribution in [3.05, 3.63) is 41.5 Å². The van der Waals surface area contributed by atoms with E-state index in [9.17, 15) is 13.2 Å². The minimum absolute atomic E-state index is 0.180. The van der Waals surface area contributed by atoms with Crippen LogP contribution in [0.5, 0.6) is 5.88 Å². The van der Waals surface area contributed by atoms with Crippen LogP contribution in [0.1, 0.15) is 23.2 Å². The number of aryl methyl sites for hydroxylation is 1. The predicted molar refractivity (Wildman–Crippen MR) is 90.7 cm³/mol. The van der Waals surface area contributed by atoms with Gasteiger partial charge in [-0.05, 0) is 19.9 Å². The predicted octanol–water partition coefficient (Wildman–Crippen LogP) is 2.81. The van der Waals surface area contributed by atoms with Gasteiger partial charge in [0.1, 0.15) is 18.2 Å². The molecule has 0 N–H and O–H groups in total. The van der Waals surface area contributed by atoms with Crippen LogP contribution < -0.4 is 9.64 Å². The van der Waals surface area contributed by atoms with E-state index in [-0.39, 0.29) is 12.0 Å². The lowest BCUT2D eigenvalue weighted by Crippen LogP contribution is -2.27. The fourth-order valence-corrected chi connectivity index (χ4v) is 3.19. The van der Waals surface area contributed by atoms with Gasteiger partial charge in [0.15, 0.2) is 0 Å². The quantitative estimate of drug-likeness (QED) is 0.698. The minimum atomic E-state index is -4.41. The third-order valence-corrected chi connectivity index (χ3v) is 4.67. The summed E-state index contributed by atoms with van der Waals surface area (Å²) in [5.41, 5.74) is 1.08. The summed E-state index contributed by atoms with van der Waals surface area (Å²) in [6.07, 6.45) is -1.62. The topological polar surface area (TPSA) is 68.4 Å². The van der Waals surface area contributed by atoms with Gasteiger partial charge in [-0.3, -0.25) is 0 Å². The maximum Gasteiger partial charge on any atom is 0.417 e. The molecule has 3 aromatic rings. The number of hydrogen-bond donors (Lipinski definition) is 0. The Morgan fingerprint density at radius 2 is 2.00 bits per heavy atom. The molecule has 0 spiro atoms. The molecule has 0 amide bonds. The Bertz CT molecular complexity index is 969. The summed E-state index contributed by atoms with van der Waals surface area (Å²) in [4.78, 5) is 14.5. The third kappa shape index (κ3) is 3.26. The minimum Gasteiger partial charge on any atom is -0.472 e. The van der Waals surface area contributed by atoms with Crippen LogP contribution in [0.2, 0.25) is 0 Å². The fourth-order valence-electron chi connectivity index (χ4n) is 3.19. The second kappa shape index (κ2) is 6.36. The molecule has 1 aliphatic rings. The number of pyridine rings is 1. The van der Waals surface area contributed by atoms with Crippen LogP contribution in [0.15, 0.2) is 24.7 Å². The summed E-state index contributed by atoms with van der Waals surface area (Å²) in [6, 6.07) is 2.23. The normalized spacial score (nSPS) is 17.7. The Balaban J connectivity index is 1.51. The smallest absolute Gasteiger partial charge is 0.417 e. The number of nitrogens with zero attached hydrogens (tertiary/aromatic N) is 6. The summed E-state index contributed by atoms with van der Waals surface area (Å²) >= 11 is 0. The molecule has 4 rings (SSSR count). The van der Waals surface area contributed by atoms with Crippen LogP contribution in [0.25, 0.3) is 5.78 Å². The second-order valence-corrected chi connectivity index (χ2v) is 6.48. The number of aromatic nitrogens is 5. The van der Waals surface area contributed by atoms with Crippen LogP contribution in [-0.4, -0.2) is 43.8 Å². The van der Waals surface area contributed by atoms with Crippen LogP contribution >= 0.6 is 0 Å². The summed E-state index contributed by atoms with van der Waals surface area (Å²) in [5, 5.41) is 4.25. The van der Waals surface area contributed by atoms with Crippen molar-refractivity contribution in [2.75, 3.05) is 18.0 Å². The zero-order valence-electron chi connectivity index (χ0n) is 14.7. The standard InChI is InChI=1S/C17H17F3N6O/c1-10-11(2)24-16-22-9-23-26(16)15(10)25-6-5-13(8-25)27-14-4-3-12(7-21-14)17(18,19)20/h3-4,7,9,13H,5-6,8H2,1-2H3. The molecule has 0 saturated carbocycles. The molecule has 142 valence electrons. The van der Waals surface area contributed by atoms with Gasteiger partial charge in [-0.15, -0.1) is 0 Å². The summed E-state index contributed by atoms with van der Waals surface area (Å²) in [6.45, 7) is 5.20. The molecule has 1 atom stereocenters. The van der Waals surface area contributed by atoms with Crippen molar-refractivity contribution in [1.82, 2.24) is 24.6 Å². The first-order valence-electron chi connectivity index (χ1n) is 8.44. The summed E-state index contributed by atoms with van der Waals surface area (Å²) < 4.78 is 45.4. The van der Waals surface area contributed by atoms with Crippen molar-refractivity contribution in [2.24, 2.45) is 0 Å². The molecule has 27 heavy (non-hydrogen) atoms. The molecule has 3 aromatic heterocycles. The fraction of sp³-hybridized carbons (Fsp3) is 0.412. The number of fused-ring (bicyclic) bond motifs is 1. The Kier molecular flexibility index (Phi) is 4.12. The monoisotopic (exact) mass is 378 g/mol. The van der Waals surface area contributed by atoms with E-state index in [2.05, 4.69) is 25.0 Å². The van der Waals surface area contributed by atoms with Gasteiger partial charge in [-0.2, -0.15) is 27.8 Å². The molecule has 10 heteroatoms. The van der Waals surface area contributed by atoms with E-state index in [0.29, 0.717) is 12.3 Å². The molecule has 1 unspecified atom stereocenters. The molecule has 7 nitrogen and oxygen atoms in total. The Labute approximate surface area is 152 Å². The van der Waals surface area contributed by atoms with Crippen LogP contribution in [0.3, 0.4) is 0 Å². The molecule has 0 aliphatic carbocycles. The molecule has 4 heterocycles. The Morgan fingerprint density at radius 1 is 1.19 bits per heavy atom. The van der Waals surface area contributed by atoms with E-state index in [4.69, 9.17) is 4.74 Å². The lowest BCUT2D eigenvalue weighted by molar-refractivity contribution is -0.137. The molecular formula is C17H17F3N6O. The molecule has 0 aromatic carbocycles. The number of anilines is 1. The third-order valence-electron chi connectivity index (χ3n) is 4.67. The zero-order chi connectivity index (χ0) is 19.2. The summed E-state index contributed by atoms with van der Waals surface area (Å²) in [7, 11) is 0. The van der Waals surface area contributed by atoms with E-state index in [1.54, 1.807) is 4.52 Å². The second-order valence-electron chi connectivity index (χ2n) is 6.48. The Morgan fingerprint density at radius 3 is 2.70 bits per heavy atom. The van der Waals surface area contributed by atoms with Crippen LogP contribution in [0.4, 0.5) is 19.0 Å². The highest BCUT2D eigenvalue weighted by molar-refractivity contribution is 5.54. The number of alkyl halides is 3. The van der Waals surface area contributed by atoms with E-state index >= 15 is 0 Å². The molecular weight excluding hydrogens is 361 g/mol. The van der Waals surface area contributed by atoms with Crippen molar-refractivity contribution in [3.63, 3.8) is 0 Å². The maximum atomic E-state index is 12.6. The van der Waals surface area contributed by atoms with Crippen LogP contribution in [0, 0.1) is 13.8 Å². The van der Waals surface area contributed by atoms with Crippen LogP contribution in [-0.2, 0) is 6.18 Å². The number of hydrogen-bond acceptors (Lipinski definition) is 6. The summed E-state index contributed by atoms with van der Waals surface area (Å²) in [5.74, 6) is 1.62. The molecule has 1 fully saturated rings. The van der Waals surface area contributed by atoms with Gasteiger partial charge in [0.25, 0.3) is 5.78 Å². The van der Waals surface area contributed by atoms with Crippen molar-refractivity contribution in [3.8, 4) is 5.88 Å². The van der Waals surface area contributed by atoms with E-state index < -0.39 is 11.7 Å². The van der Waals surface area contributed by atoms with Gasteiger partial charge in [0.05, 0.1) is 12.1 Å². The highest BCUT2D eigenvalue weighted by Gasteiger charge is 2.31. The first-order valence-corrected chi connectivity index (χ1v) is 8.44. The van der Waals surface area contributed by atoms with E-state index in [0.717, 1.165) is 42.3 Å². The molecule has 1 aliphatic heterocycles. The lowest BCUT2D eigenvalue weighted by Gasteiger charge is -2.22. The number of rotatable bonds is 3. The zero-order valence-corrected chi connectivity index (χ0v) is 14.7. The van der Waals surface area contributed by atoms with Gasteiger partial charge < -0.3 is 9.64 Å². The first kappa shape index (κ1) is 17.5. The Hall–Kier alpha value is -2.91. The van der Waals surface area contributed by atoms with Crippen molar-refractivity contribution in [1.29, 1.82) is 0 Å². The first-order chi connectivity index (χ1) is 12.8. The average molecular weight is 378 g/mol. The average Bonchev–Trinajstić information content (AvgIpc) is 3.25. The van der Waals surface area contributed by atoms with Crippen molar-refractivity contribution >= 4 is 11.6 Å².